The van der Waals surface area contributed by atoms with Crippen LogP contribution in [0, 0.1) is 13.0 Å². The van der Waals surface area contributed by atoms with Crippen molar-refractivity contribution < 1.29 is 23.5 Å². The Morgan fingerprint density at radius 3 is 2.26 bits per heavy atom. The molecule has 4 rings (SSSR count). The highest BCUT2D eigenvalue weighted by Crippen LogP contribution is 2.32. The third kappa shape index (κ3) is 5.79. The summed E-state index contributed by atoms with van der Waals surface area (Å²) in [7, 11) is 0. The number of halogens is 5. The van der Waals surface area contributed by atoms with Gasteiger partial charge in [0.1, 0.15) is 23.7 Å². The van der Waals surface area contributed by atoms with Crippen molar-refractivity contribution in [2.24, 2.45) is 0 Å². The van der Waals surface area contributed by atoms with Crippen molar-refractivity contribution in [2.75, 3.05) is 4.90 Å². The van der Waals surface area contributed by atoms with E-state index in [0.717, 1.165) is 29.7 Å². The molecule has 0 bridgehead atoms. The van der Waals surface area contributed by atoms with E-state index in [0.29, 0.717) is 21.4 Å². The second kappa shape index (κ2) is 10.8. The van der Waals surface area contributed by atoms with Crippen LogP contribution in [0.25, 0.3) is 6.08 Å². The molecule has 11 heteroatoms. The van der Waals surface area contributed by atoms with Crippen LogP contribution in [0.5, 0.6) is 5.75 Å². The lowest BCUT2D eigenvalue weighted by Gasteiger charge is -2.26. The number of carbonyl (C=O) groups excluding carboxylic acids is 3. The van der Waals surface area contributed by atoms with Crippen molar-refractivity contribution in [1.29, 1.82) is 0 Å². The lowest BCUT2D eigenvalue weighted by molar-refractivity contribution is -0.122. The Balaban J connectivity index is 1.60. The number of carbonyl (C=O) groups is 3. The van der Waals surface area contributed by atoms with Gasteiger partial charge in [-0.3, -0.25) is 14.9 Å². The summed E-state index contributed by atoms with van der Waals surface area (Å²) in [5.74, 6) is -1.54. The number of anilines is 1. The van der Waals surface area contributed by atoms with Crippen LogP contribution in [0.4, 0.5) is 14.9 Å². The van der Waals surface area contributed by atoms with Gasteiger partial charge in [-0.05, 0) is 105 Å². The Hall–Kier alpha value is -2.22. The molecular weight excluding hydrogens is 724 g/mol. The Morgan fingerprint density at radius 2 is 1.63 bits per heavy atom. The number of rotatable bonds is 5. The van der Waals surface area contributed by atoms with Crippen LogP contribution in [0.15, 0.2) is 60.2 Å². The molecule has 3 aromatic rings. The van der Waals surface area contributed by atoms with E-state index in [1.54, 1.807) is 30.3 Å². The maximum Gasteiger partial charge on any atom is 0.335 e. The van der Waals surface area contributed by atoms with Crippen LogP contribution >= 0.6 is 68.4 Å². The number of nitrogens with one attached hydrogen (secondary N) is 1. The lowest BCUT2D eigenvalue weighted by atomic mass is 10.1. The Morgan fingerprint density at radius 1 is 0.971 bits per heavy atom. The van der Waals surface area contributed by atoms with Gasteiger partial charge in [0, 0.05) is 15.6 Å². The van der Waals surface area contributed by atoms with E-state index >= 15 is 0 Å². The van der Waals surface area contributed by atoms with Crippen molar-refractivity contribution in [1.82, 2.24) is 5.32 Å². The second-order valence-corrected chi connectivity index (χ2v) is 10.4. The van der Waals surface area contributed by atoms with E-state index in [9.17, 15) is 18.8 Å². The van der Waals surface area contributed by atoms with Gasteiger partial charge in [0.2, 0.25) is 0 Å². The number of ether oxygens (including phenoxy) is 1. The van der Waals surface area contributed by atoms with Crippen molar-refractivity contribution in [3.8, 4) is 5.75 Å². The van der Waals surface area contributed by atoms with Crippen LogP contribution in [0.1, 0.15) is 11.1 Å². The Labute approximate surface area is 236 Å². The topological polar surface area (TPSA) is 75.7 Å². The van der Waals surface area contributed by atoms with E-state index in [2.05, 4.69) is 50.5 Å². The normalized spacial score (nSPS) is 14.9. The fraction of sp³-hybridized carbons (Fsp3) is 0.0417. The second-order valence-electron chi connectivity index (χ2n) is 7.27. The van der Waals surface area contributed by atoms with E-state index in [4.69, 9.17) is 27.9 Å². The van der Waals surface area contributed by atoms with Crippen molar-refractivity contribution in [2.45, 2.75) is 6.61 Å². The number of nitrogens with zero attached hydrogens (tertiary/aromatic N) is 1. The first-order valence-electron chi connectivity index (χ1n) is 9.87. The SMILES string of the molecule is O=C1NC(=O)N(c2ccc(F)cc2)C(=O)/C1=C/c1cc(I)c(OCc2ccc(Cl)cc2Cl)c(I)c1. The quantitative estimate of drug-likeness (QED) is 0.182. The van der Waals surface area contributed by atoms with Crippen LogP contribution in [0.3, 0.4) is 0 Å². The highest BCUT2D eigenvalue weighted by molar-refractivity contribution is 14.1. The maximum absolute atomic E-state index is 13.3. The molecule has 6 nitrogen and oxygen atoms in total. The van der Waals surface area contributed by atoms with Gasteiger partial charge in [-0.1, -0.05) is 29.3 Å². The van der Waals surface area contributed by atoms with Gasteiger partial charge in [-0.2, -0.15) is 0 Å². The van der Waals surface area contributed by atoms with E-state index in [1.807, 2.05) is 0 Å². The van der Waals surface area contributed by atoms with Gasteiger partial charge in [0.15, 0.2) is 0 Å². The summed E-state index contributed by atoms with van der Waals surface area (Å²) in [5, 5.41) is 3.17. The zero-order chi connectivity index (χ0) is 25.3. The Bertz CT molecular complexity index is 1370. The Kier molecular flexibility index (Phi) is 7.99. The lowest BCUT2D eigenvalue weighted by Crippen LogP contribution is -2.54. The summed E-state index contributed by atoms with van der Waals surface area (Å²) in [5.41, 5.74) is 1.23. The molecule has 0 spiro atoms. The van der Waals surface area contributed by atoms with Crippen molar-refractivity contribution in [3.05, 3.63) is 94.3 Å². The molecule has 35 heavy (non-hydrogen) atoms. The molecule has 1 saturated heterocycles. The maximum atomic E-state index is 13.3. The largest absolute Gasteiger partial charge is 0.487 e. The molecule has 0 atom stereocenters. The minimum atomic E-state index is -0.905. The third-order valence-electron chi connectivity index (χ3n) is 4.91. The molecule has 0 unspecified atom stereocenters. The first kappa shape index (κ1) is 25.9. The predicted molar refractivity (Wildman–Crippen MR) is 148 cm³/mol. The number of benzene rings is 3. The summed E-state index contributed by atoms with van der Waals surface area (Å²) in [6.07, 6.45) is 1.39. The summed E-state index contributed by atoms with van der Waals surface area (Å²) in [6, 6.07) is 12.5. The highest BCUT2D eigenvalue weighted by Gasteiger charge is 2.36. The van der Waals surface area contributed by atoms with E-state index in [1.165, 1.54) is 18.2 Å². The average Bonchev–Trinajstić information content (AvgIpc) is 2.78. The van der Waals surface area contributed by atoms with Crippen LogP contribution in [0.2, 0.25) is 10.0 Å². The number of hydrogen-bond donors (Lipinski definition) is 1. The predicted octanol–water partition coefficient (Wildman–Crippen LogP) is 6.59. The zero-order valence-corrected chi connectivity index (χ0v) is 23.3. The molecule has 0 saturated carbocycles. The van der Waals surface area contributed by atoms with E-state index < -0.39 is 23.7 Å². The fourth-order valence-corrected chi connectivity index (χ4v) is 5.83. The molecule has 4 amide bonds. The number of imide groups is 2. The minimum Gasteiger partial charge on any atom is -0.487 e. The number of amides is 4. The van der Waals surface area contributed by atoms with Gasteiger partial charge in [-0.25, -0.2) is 14.1 Å². The molecule has 0 aliphatic carbocycles. The highest BCUT2D eigenvalue weighted by atomic mass is 127. The summed E-state index contributed by atoms with van der Waals surface area (Å²) in [6.45, 7) is 0.220. The van der Waals surface area contributed by atoms with Crippen molar-refractivity contribution >= 4 is 98.0 Å². The van der Waals surface area contributed by atoms with E-state index in [-0.39, 0.29) is 17.9 Å². The minimum absolute atomic E-state index is 0.140. The molecule has 1 heterocycles. The zero-order valence-electron chi connectivity index (χ0n) is 17.5. The molecule has 0 radical (unpaired) electrons. The van der Waals surface area contributed by atoms with Gasteiger partial charge >= 0.3 is 6.03 Å². The molecule has 1 aliphatic rings. The summed E-state index contributed by atoms with van der Waals surface area (Å²) in [4.78, 5) is 38.6. The first-order valence-corrected chi connectivity index (χ1v) is 12.8. The summed E-state index contributed by atoms with van der Waals surface area (Å²) < 4.78 is 20.7. The number of barbiturate groups is 1. The molecule has 3 aromatic carbocycles. The number of urea groups is 1. The molecular formula is C24H13Cl2FI2N2O4. The monoisotopic (exact) mass is 736 g/mol. The smallest absolute Gasteiger partial charge is 0.335 e. The fourth-order valence-electron chi connectivity index (χ4n) is 3.24. The molecule has 1 fully saturated rings. The molecule has 1 aliphatic heterocycles. The number of hydrogen-bond acceptors (Lipinski definition) is 4. The first-order chi connectivity index (χ1) is 16.6. The summed E-state index contributed by atoms with van der Waals surface area (Å²) >= 11 is 16.3. The third-order valence-corrected chi connectivity index (χ3v) is 7.09. The molecule has 0 aromatic heterocycles. The average molecular weight is 737 g/mol. The van der Waals surface area contributed by atoms with Crippen LogP contribution in [-0.2, 0) is 16.2 Å². The molecule has 1 N–H and O–H groups in total. The van der Waals surface area contributed by atoms with Gasteiger partial charge < -0.3 is 4.74 Å². The van der Waals surface area contributed by atoms with Crippen LogP contribution in [-0.4, -0.2) is 17.8 Å². The van der Waals surface area contributed by atoms with Crippen molar-refractivity contribution in [3.63, 3.8) is 0 Å². The van der Waals surface area contributed by atoms with Gasteiger partial charge in [0.05, 0.1) is 12.8 Å². The van der Waals surface area contributed by atoms with Gasteiger partial charge in [0.25, 0.3) is 11.8 Å². The molecule has 178 valence electrons. The van der Waals surface area contributed by atoms with Gasteiger partial charge in [-0.15, -0.1) is 0 Å². The standard InChI is InChI=1S/C24H13Cl2FI2N2O4/c25-14-2-1-13(18(26)10-14)11-35-21-19(28)8-12(9-20(21)29)7-17-22(32)30-24(34)31(23(17)33)16-5-3-15(27)4-6-16/h1-10H,11H2,(H,30,32,34)/b17-7+. The van der Waals surface area contributed by atoms with Crippen LogP contribution < -0.4 is 15.0 Å².